The number of likely N-dealkylation sites (N-methyl/N-ethyl adjacent to an activating group) is 1. The van der Waals surface area contributed by atoms with Gasteiger partial charge in [-0.25, -0.2) is 0 Å². The molecule has 1 saturated heterocycles. The van der Waals surface area contributed by atoms with Crippen LogP contribution in [-0.2, 0) is 11.8 Å². The monoisotopic (exact) mass is 343 g/mol. The van der Waals surface area contributed by atoms with Crippen molar-refractivity contribution in [1.82, 2.24) is 14.4 Å². The van der Waals surface area contributed by atoms with Gasteiger partial charge in [0.05, 0.1) is 5.88 Å². The van der Waals surface area contributed by atoms with Gasteiger partial charge in [0.1, 0.15) is 6.04 Å². The second kappa shape index (κ2) is 5.84. The molecule has 2 heterocycles. The van der Waals surface area contributed by atoms with Crippen LogP contribution in [0, 0.1) is 0 Å². The fourth-order valence-corrected chi connectivity index (χ4v) is 4.51. The molecule has 0 spiro atoms. The molecule has 2 aliphatic rings. The Morgan fingerprint density at radius 2 is 2.04 bits per heavy atom. The predicted molar refractivity (Wildman–Crippen MR) is 96.0 cm³/mol. The molecule has 0 radical (unpaired) electrons. The lowest BCUT2D eigenvalue weighted by Crippen LogP contribution is -2.48. The zero-order valence-corrected chi connectivity index (χ0v) is 14.8. The maximum absolute atomic E-state index is 13.1. The van der Waals surface area contributed by atoms with Crippen LogP contribution in [0.2, 0.25) is 0 Å². The van der Waals surface area contributed by atoms with Crippen LogP contribution >= 0.6 is 11.8 Å². The van der Waals surface area contributed by atoms with Gasteiger partial charge in [-0.1, -0.05) is 6.07 Å². The van der Waals surface area contributed by atoms with Crippen LogP contribution in [0.15, 0.2) is 30.5 Å². The molecule has 2 aromatic rings. The summed E-state index contributed by atoms with van der Waals surface area (Å²) >= 11 is 1.65. The average Bonchev–Trinajstić information content (AvgIpc) is 3.21. The average molecular weight is 343 g/mol. The number of hydrogen-bond donors (Lipinski definition) is 0. The van der Waals surface area contributed by atoms with Crippen LogP contribution in [-0.4, -0.2) is 56.9 Å². The van der Waals surface area contributed by atoms with Crippen LogP contribution in [0.1, 0.15) is 23.2 Å². The maximum atomic E-state index is 13.1. The van der Waals surface area contributed by atoms with E-state index in [0.29, 0.717) is 23.2 Å². The summed E-state index contributed by atoms with van der Waals surface area (Å²) in [6.07, 6.45) is 4.13. The van der Waals surface area contributed by atoms with E-state index in [4.69, 9.17) is 0 Å². The minimum absolute atomic E-state index is 0.0423. The smallest absolute Gasteiger partial charge is 0.255 e. The van der Waals surface area contributed by atoms with E-state index in [1.54, 1.807) is 16.7 Å². The third kappa shape index (κ3) is 2.49. The van der Waals surface area contributed by atoms with Crippen molar-refractivity contribution < 1.29 is 9.59 Å². The van der Waals surface area contributed by atoms with Crippen molar-refractivity contribution in [3.8, 4) is 0 Å². The standard InChI is InChI=1S/C18H21N3O2S/c1-19-9-8-13-14(4-3-5-15(13)19)17(22)21-11-24-10-16(21)18(23)20(2)12-6-7-12/h3-5,8-9,12,16H,6-7,10-11H2,1-2H3/t16-/m0/s1. The third-order valence-corrected chi connectivity index (χ3v) is 6.04. The normalized spacial score (nSPS) is 20.6. The second-order valence-corrected chi connectivity index (χ2v) is 7.64. The quantitative estimate of drug-likeness (QED) is 0.859. The van der Waals surface area contributed by atoms with Crippen molar-refractivity contribution >= 4 is 34.5 Å². The van der Waals surface area contributed by atoms with E-state index in [2.05, 4.69) is 0 Å². The molecule has 5 nitrogen and oxygen atoms in total. The first kappa shape index (κ1) is 15.6. The van der Waals surface area contributed by atoms with E-state index in [-0.39, 0.29) is 17.9 Å². The highest BCUT2D eigenvalue weighted by Crippen LogP contribution is 2.31. The molecule has 1 aromatic carbocycles. The number of benzene rings is 1. The molecule has 1 aromatic heterocycles. The summed E-state index contributed by atoms with van der Waals surface area (Å²) in [4.78, 5) is 29.5. The van der Waals surface area contributed by atoms with Crippen molar-refractivity contribution in [1.29, 1.82) is 0 Å². The van der Waals surface area contributed by atoms with Gasteiger partial charge >= 0.3 is 0 Å². The SMILES string of the molecule is CN(C(=O)[C@@H]1CSCN1C(=O)c1cccc2c1ccn2C)C1CC1. The summed E-state index contributed by atoms with van der Waals surface area (Å²) < 4.78 is 2.01. The van der Waals surface area contributed by atoms with Crippen molar-refractivity contribution in [2.75, 3.05) is 18.7 Å². The molecule has 2 amide bonds. The van der Waals surface area contributed by atoms with Crippen molar-refractivity contribution in [3.63, 3.8) is 0 Å². The molecule has 4 rings (SSSR count). The van der Waals surface area contributed by atoms with Gasteiger partial charge in [-0.05, 0) is 31.0 Å². The van der Waals surface area contributed by atoms with Crippen molar-refractivity contribution in [2.45, 2.75) is 24.9 Å². The van der Waals surface area contributed by atoms with Crippen LogP contribution in [0.25, 0.3) is 10.9 Å². The van der Waals surface area contributed by atoms with Gasteiger partial charge in [0, 0.05) is 48.6 Å². The highest BCUT2D eigenvalue weighted by molar-refractivity contribution is 7.99. The number of carbonyl (C=O) groups is 2. The van der Waals surface area contributed by atoms with E-state index < -0.39 is 0 Å². The molecule has 2 fully saturated rings. The Balaban J connectivity index is 1.63. The zero-order valence-electron chi connectivity index (χ0n) is 13.9. The summed E-state index contributed by atoms with van der Waals surface area (Å²) in [6, 6.07) is 7.78. The molecule has 0 bridgehead atoms. The largest absolute Gasteiger partial charge is 0.351 e. The Morgan fingerprint density at radius 3 is 2.79 bits per heavy atom. The van der Waals surface area contributed by atoms with Gasteiger partial charge in [0.15, 0.2) is 0 Å². The molecule has 1 saturated carbocycles. The van der Waals surface area contributed by atoms with E-state index in [9.17, 15) is 9.59 Å². The zero-order chi connectivity index (χ0) is 16.8. The number of aryl methyl sites for hydroxylation is 1. The van der Waals surface area contributed by atoms with Gasteiger partial charge in [0.2, 0.25) is 5.91 Å². The summed E-state index contributed by atoms with van der Waals surface area (Å²) in [7, 11) is 3.84. The van der Waals surface area contributed by atoms with E-state index in [1.165, 1.54) is 0 Å². The number of amides is 2. The molecule has 1 atom stereocenters. The van der Waals surface area contributed by atoms with Gasteiger partial charge in [0.25, 0.3) is 5.91 Å². The number of fused-ring (bicyclic) bond motifs is 1. The highest BCUT2D eigenvalue weighted by Gasteiger charge is 2.40. The first-order valence-corrected chi connectivity index (χ1v) is 9.43. The summed E-state index contributed by atoms with van der Waals surface area (Å²) in [5.41, 5.74) is 1.72. The van der Waals surface area contributed by atoms with E-state index >= 15 is 0 Å². The molecule has 0 unspecified atom stereocenters. The van der Waals surface area contributed by atoms with Crippen molar-refractivity contribution in [2.24, 2.45) is 7.05 Å². The lowest BCUT2D eigenvalue weighted by Gasteiger charge is -2.27. The predicted octanol–water partition coefficient (Wildman–Crippen LogP) is 2.31. The lowest BCUT2D eigenvalue weighted by atomic mass is 10.1. The minimum atomic E-state index is -0.341. The Kier molecular flexibility index (Phi) is 3.79. The van der Waals surface area contributed by atoms with E-state index in [1.807, 2.05) is 54.0 Å². The Hall–Kier alpha value is -1.95. The third-order valence-electron chi connectivity index (χ3n) is 5.03. The van der Waals surface area contributed by atoms with Gasteiger partial charge in [-0.2, -0.15) is 0 Å². The van der Waals surface area contributed by atoms with Gasteiger partial charge in [-0.3, -0.25) is 9.59 Å². The maximum Gasteiger partial charge on any atom is 0.255 e. The first-order chi connectivity index (χ1) is 11.6. The lowest BCUT2D eigenvalue weighted by molar-refractivity contribution is -0.134. The van der Waals surface area contributed by atoms with Gasteiger partial charge < -0.3 is 14.4 Å². The fraction of sp³-hybridized carbons (Fsp3) is 0.444. The molecule has 1 aliphatic heterocycles. The topological polar surface area (TPSA) is 45.6 Å². The Bertz CT molecular complexity index is 812. The van der Waals surface area contributed by atoms with Crippen LogP contribution < -0.4 is 0 Å². The van der Waals surface area contributed by atoms with Crippen molar-refractivity contribution in [3.05, 3.63) is 36.0 Å². The molecule has 126 valence electrons. The molecule has 1 aliphatic carbocycles. The molecule has 0 N–H and O–H groups in total. The fourth-order valence-electron chi connectivity index (χ4n) is 3.37. The Morgan fingerprint density at radius 1 is 1.25 bits per heavy atom. The molecule has 6 heteroatoms. The molecular formula is C18H21N3O2S. The minimum Gasteiger partial charge on any atom is -0.351 e. The van der Waals surface area contributed by atoms with Crippen LogP contribution in [0.4, 0.5) is 0 Å². The summed E-state index contributed by atoms with van der Waals surface area (Å²) in [5, 5.41) is 0.948. The Labute approximate surface area is 145 Å². The number of rotatable bonds is 3. The number of thioether (sulfide) groups is 1. The first-order valence-electron chi connectivity index (χ1n) is 8.27. The number of nitrogens with zero attached hydrogens (tertiary/aromatic N) is 3. The number of hydrogen-bond acceptors (Lipinski definition) is 3. The summed E-state index contributed by atoms with van der Waals surface area (Å²) in [5.74, 6) is 1.30. The second-order valence-electron chi connectivity index (χ2n) is 6.64. The summed E-state index contributed by atoms with van der Waals surface area (Å²) in [6.45, 7) is 0. The van der Waals surface area contributed by atoms with E-state index in [0.717, 1.165) is 23.7 Å². The van der Waals surface area contributed by atoms with Crippen LogP contribution in [0.5, 0.6) is 0 Å². The molecular weight excluding hydrogens is 322 g/mol. The van der Waals surface area contributed by atoms with Crippen LogP contribution in [0.3, 0.4) is 0 Å². The highest BCUT2D eigenvalue weighted by atomic mass is 32.2. The number of carbonyl (C=O) groups excluding carboxylic acids is 2. The molecule has 24 heavy (non-hydrogen) atoms. The number of aromatic nitrogens is 1. The van der Waals surface area contributed by atoms with Gasteiger partial charge in [-0.15, -0.1) is 11.8 Å².